The highest BCUT2D eigenvalue weighted by Gasteiger charge is 2.28. The molecule has 1 aliphatic rings. The molecule has 0 saturated heterocycles. The molecule has 3 aromatic heterocycles. The number of pyridine rings is 1. The topological polar surface area (TPSA) is 107 Å². The number of aromatic nitrogens is 4. The SMILES string of the molecule is O=C(Nc1ccc(-c2ncnc3[nH]cc(C4CC4)c23)c(F)c1)N(CCO)c1cccnc1. The molecule has 3 N–H and O–H groups in total. The van der Waals surface area contributed by atoms with Crippen molar-refractivity contribution in [1.29, 1.82) is 0 Å². The van der Waals surface area contributed by atoms with E-state index in [1.54, 1.807) is 30.5 Å². The summed E-state index contributed by atoms with van der Waals surface area (Å²) in [5, 5.41) is 12.9. The van der Waals surface area contributed by atoms with Crippen LogP contribution in [-0.4, -0.2) is 44.2 Å². The van der Waals surface area contributed by atoms with Gasteiger partial charge >= 0.3 is 6.03 Å². The van der Waals surface area contributed by atoms with Crippen molar-refractivity contribution in [3.63, 3.8) is 0 Å². The minimum Gasteiger partial charge on any atom is -0.395 e. The molecule has 1 aliphatic carbocycles. The molecule has 2 amide bonds. The molecule has 0 radical (unpaired) electrons. The molecule has 8 nitrogen and oxygen atoms in total. The van der Waals surface area contributed by atoms with E-state index in [0.29, 0.717) is 34.2 Å². The zero-order valence-corrected chi connectivity index (χ0v) is 17.1. The number of nitrogens with zero attached hydrogens (tertiary/aromatic N) is 4. The van der Waals surface area contributed by atoms with Gasteiger partial charge in [-0.1, -0.05) is 0 Å². The maximum absolute atomic E-state index is 15.2. The fraction of sp³-hybridized carbons (Fsp3) is 0.217. The van der Waals surface area contributed by atoms with E-state index in [0.717, 1.165) is 23.8 Å². The maximum Gasteiger partial charge on any atom is 0.326 e. The summed E-state index contributed by atoms with van der Waals surface area (Å²) in [5.74, 6) is -0.0408. The van der Waals surface area contributed by atoms with E-state index in [-0.39, 0.29) is 13.2 Å². The van der Waals surface area contributed by atoms with Crippen LogP contribution in [0.3, 0.4) is 0 Å². The molecule has 5 rings (SSSR count). The number of rotatable bonds is 6. The third-order valence-corrected chi connectivity index (χ3v) is 5.52. The second-order valence-corrected chi connectivity index (χ2v) is 7.68. The standard InChI is InChI=1S/C23H21FN6O2/c24-19-10-15(29-23(32)30(8-9-31)16-2-1-7-25-11-16)5-6-17(19)21-20-18(14-3-4-14)12-26-22(20)28-13-27-21/h1-2,5-7,10-14,31H,3-4,8-9H2,(H,29,32)(H,26,27,28). The van der Waals surface area contributed by atoms with Crippen LogP contribution in [0.15, 0.2) is 55.2 Å². The average Bonchev–Trinajstić information content (AvgIpc) is 3.56. The zero-order chi connectivity index (χ0) is 22.1. The number of H-pyrrole nitrogens is 1. The molecule has 4 aromatic rings. The first-order valence-corrected chi connectivity index (χ1v) is 10.4. The van der Waals surface area contributed by atoms with Gasteiger partial charge in [-0.3, -0.25) is 9.88 Å². The van der Waals surface area contributed by atoms with Gasteiger partial charge in [0.05, 0.1) is 30.7 Å². The van der Waals surface area contributed by atoms with Crippen molar-refractivity contribution in [1.82, 2.24) is 19.9 Å². The third kappa shape index (κ3) is 3.78. The van der Waals surface area contributed by atoms with Crippen molar-refractivity contribution in [3.05, 3.63) is 66.6 Å². The first kappa shape index (κ1) is 20.1. The van der Waals surface area contributed by atoms with E-state index in [1.807, 2.05) is 6.20 Å². The minimum absolute atomic E-state index is 0.0778. The van der Waals surface area contributed by atoms with E-state index < -0.39 is 11.8 Å². The fourth-order valence-corrected chi connectivity index (χ4v) is 3.84. The number of hydrogen-bond donors (Lipinski definition) is 3. The monoisotopic (exact) mass is 432 g/mol. The third-order valence-electron chi connectivity index (χ3n) is 5.52. The Morgan fingerprint density at radius 2 is 2.16 bits per heavy atom. The number of nitrogens with one attached hydrogen (secondary N) is 2. The first-order chi connectivity index (χ1) is 15.7. The number of amides is 2. The lowest BCUT2D eigenvalue weighted by Gasteiger charge is -2.22. The average molecular weight is 432 g/mol. The van der Waals surface area contributed by atoms with Crippen LogP contribution < -0.4 is 10.2 Å². The number of anilines is 2. The smallest absolute Gasteiger partial charge is 0.326 e. The summed E-state index contributed by atoms with van der Waals surface area (Å²) in [6.45, 7) is -0.145. The van der Waals surface area contributed by atoms with Gasteiger partial charge in [0.25, 0.3) is 0 Å². The van der Waals surface area contributed by atoms with Gasteiger partial charge in [0.1, 0.15) is 17.8 Å². The van der Waals surface area contributed by atoms with E-state index in [4.69, 9.17) is 0 Å². The number of aliphatic hydroxyl groups excluding tert-OH is 1. The highest BCUT2D eigenvalue weighted by molar-refractivity contribution is 6.02. The Kier molecular flexibility index (Phi) is 5.24. The molecule has 1 fully saturated rings. The number of halogens is 1. The van der Waals surface area contributed by atoms with Gasteiger partial charge in [0.2, 0.25) is 0 Å². The van der Waals surface area contributed by atoms with Gasteiger partial charge in [0.15, 0.2) is 0 Å². The second-order valence-electron chi connectivity index (χ2n) is 7.68. The number of fused-ring (bicyclic) bond motifs is 1. The lowest BCUT2D eigenvalue weighted by atomic mass is 10.0. The van der Waals surface area contributed by atoms with Crippen molar-refractivity contribution in [3.8, 4) is 11.3 Å². The van der Waals surface area contributed by atoms with Gasteiger partial charge in [0, 0.05) is 29.0 Å². The summed E-state index contributed by atoms with van der Waals surface area (Å²) in [5.41, 5.74) is 3.50. The number of urea groups is 1. The Bertz CT molecular complexity index is 1270. The van der Waals surface area contributed by atoms with Crippen LogP contribution in [0, 0.1) is 5.82 Å². The van der Waals surface area contributed by atoms with E-state index in [9.17, 15) is 9.90 Å². The van der Waals surface area contributed by atoms with Crippen LogP contribution in [0.25, 0.3) is 22.3 Å². The first-order valence-electron chi connectivity index (χ1n) is 10.4. The van der Waals surface area contributed by atoms with Crippen molar-refractivity contribution in [2.75, 3.05) is 23.4 Å². The molecule has 0 aliphatic heterocycles. The Morgan fingerprint density at radius 1 is 1.28 bits per heavy atom. The van der Waals surface area contributed by atoms with Crippen LogP contribution in [0.1, 0.15) is 24.3 Å². The van der Waals surface area contributed by atoms with Gasteiger partial charge in [-0.25, -0.2) is 19.2 Å². The van der Waals surface area contributed by atoms with Gasteiger partial charge in [-0.15, -0.1) is 0 Å². The van der Waals surface area contributed by atoms with Crippen LogP contribution >= 0.6 is 0 Å². The molecule has 162 valence electrons. The normalized spacial score (nSPS) is 13.3. The molecule has 3 heterocycles. The van der Waals surface area contributed by atoms with Crippen LogP contribution in [0.5, 0.6) is 0 Å². The van der Waals surface area contributed by atoms with Gasteiger partial charge in [-0.05, 0) is 54.7 Å². The molecular weight excluding hydrogens is 411 g/mol. The summed E-state index contributed by atoms with van der Waals surface area (Å²) < 4.78 is 15.2. The zero-order valence-electron chi connectivity index (χ0n) is 17.1. The predicted octanol–water partition coefficient (Wildman–Crippen LogP) is 4.07. The summed E-state index contributed by atoms with van der Waals surface area (Å²) in [6, 6.07) is 7.42. The lowest BCUT2D eigenvalue weighted by molar-refractivity contribution is 0.252. The number of carbonyl (C=O) groups is 1. The second kappa shape index (κ2) is 8.35. The van der Waals surface area contributed by atoms with Crippen molar-refractivity contribution in [2.24, 2.45) is 0 Å². The number of aromatic amines is 1. The Morgan fingerprint density at radius 3 is 2.88 bits per heavy atom. The van der Waals surface area contributed by atoms with Gasteiger partial charge in [-0.2, -0.15) is 0 Å². The summed E-state index contributed by atoms with van der Waals surface area (Å²) in [4.78, 5) is 29.9. The molecule has 0 atom stereocenters. The number of benzene rings is 1. The minimum atomic E-state index is -0.499. The number of carbonyl (C=O) groups excluding carboxylic acids is 1. The van der Waals surface area contributed by atoms with E-state index in [2.05, 4.69) is 25.3 Å². The summed E-state index contributed by atoms with van der Waals surface area (Å²) in [7, 11) is 0. The molecule has 32 heavy (non-hydrogen) atoms. The van der Waals surface area contributed by atoms with Crippen LogP contribution in [0.2, 0.25) is 0 Å². The van der Waals surface area contributed by atoms with Crippen LogP contribution in [-0.2, 0) is 0 Å². The molecule has 1 saturated carbocycles. The lowest BCUT2D eigenvalue weighted by Crippen LogP contribution is -2.37. The Hall–Kier alpha value is -3.85. The van der Waals surface area contributed by atoms with Crippen molar-refractivity contribution in [2.45, 2.75) is 18.8 Å². The number of aliphatic hydroxyl groups is 1. The molecule has 1 aromatic carbocycles. The Balaban J connectivity index is 1.43. The highest BCUT2D eigenvalue weighted by atomic mass is 19.1. The molecule has 0 unspecified atom stereocenters. The summed E-state index contributed by atoms with van der Waals surface area (Å²) in [6.07, 6.45) is 8.68. The van der Waals surface area contributed by atoms with E-state index in [1.165, 1.54) is 23.5 Å². The molecule has 0 spiro atoms. The van der Waals surface area contributed by atoms with Gasteiger partial charge < -0.3 is 15.4 Å². The predicted molar refractivity (Wildman–Crippen MR) is 119 cm³/mol. The van der Waals surface area contributed by atoms with E-state index >= 15 is 4.39 Å². The molecule has 9 heteroatoms. The quantitative estimate of drug-likeness (QED) is 0.426. The molecular formula is C23H21FN6O2. The largest absolute Gasteiger partial charge is 0.395 e. The van der Waals surface area contributed by atoms with Crippen molar-refractivity contribution >= 4 is 28.4 Å². The number of hydrogen-bond acceptors (Lipinski definition) is 5. The summed E-state index contributed by atoms with van der Waals surface area (Å²) >= 11 is 0. The highest BCUT2D eigenvalue weighted by Crippen LogP contribution is 2.45. The maximum atomic E-state index is 15.2. The van der Waals surface area contributed by atoms with Crippen LogP contribution in [0.4, 0.5) is 20.6 Å². The Labute approximate surface area is 183 Å². The molecule has 0 bridgehead atoms. The fourth-order valence-electron chi connectivity index (χ4n) is 3.84. The van der Waals surface area contributed by atoms with Crippen molar-refractivity contribution < 1.29 is 14.3 Å².